The van der Waals surface area contributed by atoms with Crippen molar-refractivity contribution in [2.45, 2.75) is 64.1 Å². The van der Waals surface area contributed by atoms with Gasteiger partial charge in [-0.15, -0.1) is 0 Å². The van der Waals surface area contributed by atoms with Crippen molar-refractivity contribution in [1.82, 2.24) is 0 Å². The van der Waals surface area contributed by atoms with Crippen LogP contribution in [0.4, 0.5) is 0 Å². The maximum absolute atomic E-state index is 12.4. The van der Waals surface area contributed by atoms with Crippen LogP contribution in [-0.4, -0.2) is 32.5 Å². The van der Waals surface area contributed by atoms with Crippen LogP contribution in [0.25, 0.3) is 0 Å². The van der Waals surface area contributed by atoms with Gasteiger partial charge < -0.3 is 29.9 Å². The molecule has 2 atom stereocenters. The van der Waals surface area contributed by atoms with Gasteiger partial charge in [-0.2, -0.15) is 0 Å². The van der Waals surface area contributed by atoms with Crippen molar-refractivity contribution in [3.05, 3.63) is 41.5 Å². The van der Waals surface area contributed by atoms with Crippen molar-refractivity contribution in [1.29, 1.82) is 0 Å². The lowest BCUT2D eigenvalue weighted by Gasteiger charge is -2.34. The predicted molar refractivity (Wildman–Crippen MR) is 110 cm³/mol. The molecular weight excluding hydrogens is 388 g/mol. The molecule has 0 fully saturated rings. The number of unbranched alkanes of at least 4 members (excludes halogenated alkanes) is 4. The molecular formula is C23H28O7. The van der Waals surface area contributed by atoms with E-state index in [1.165, 1.54) is 24.3 Å². The van der Waals surface area contributed by atoms with Crippen molar-refractivity contribution in [2.24, 2.45) is 0 Å². The quantitative estimate of drug-likeness (QED) is 0.285. The highest BCUT2D eigenvalue weighted by Gasteiger charge is 2.36. The number of esters is 1. The van der Waals surface area contributed by atoms with Gasteiger partial charge in [0, 0.05) is 36.1 Å². The zero-order valence-corrected chi connectivity index (χ0v) is 17.0. The van der Waals surface area contributed by atoms with Crippen LogP contribution >= 0.6 is 0 Å². The first-order valence-electron chi connectivity index (χ1n) is 10.3. The zero-order chi connectivity index (χ0) is 21.7. The van der Waals surface area contributed by atoms with Gasteiger partial charge in [-0.05, 0) is 18.6 Å². The Bertz CT molecular complexity index is 893. The van der Waals surface area contributed by atoms with Crippen molar-refractivity contribution >= 4 is 5.97 Å². The summed E-state index contributed by atoms with van der Waals surface area (Å²) in [5.41, 5.74) is 0.937. The number of hydrogen-bond donors (Lipinski definition) is 4. The molecule has 0 aromatic heterocycles. The molecule has 0 saturated heterocycles. The van der Waals surface area contributed by atoms with E-state index in [0.717, 1.165) is 32.1 Å². The number of hydrogen-bond acceptors (Lipinski definition) is 7. The van der Waals surface area contributed by atoms with Gasteiger partial charge in [-0.25, -0.2) is 0 Å². The molecule has 0 saturated carbocycles. The number of carbonyl (C=O) groups excluding carboxylic acids is 1. The van der Waals surface area contributed by atoms with Crippen molar-refractivity contribution in [2.75, 3.05) is 0 Å². The first-order chi connectivity index (χ1) is 14.4. The van der Waals surface area contributed by atoms with Crippen LogP contribution in [0.2, 0.25) is 0 Å². The lowest BCUT2D eigenvalue weighted by atomic mass is 9.93. The smallest absolute Gasteiger partial charge is 0.306 e. The summed E-state index contributed by atoms with van der Waals surface area (Å²) < 4.78 is 11.7. The number of rotatable bonds is 8. The molecule has 4 N–H and O–H groups in total. The fourth-order valence-corrected chi connectivity index (χ4v) is 3.65. The van der Waals surface area contributed by atoms with E-state index >= 15 is 0 Å². The van der Waals surface area contributed by atoms with Gasteiger partial charge in [0.1, 0.15) is 23.4 Å². The number of benzene rings is 2. The molecule has 0 amide bonds. The first kappa shape index (κ1) is 21.6. The van der Waals surface area contributed by atoms with Crippen molar-refractivity contribution in [3.63, 3.8) is 0 Å². The van der Waals surface area contributed by atoms with Gasteiger partial charge in [-0.3, -0.25) is 4.79 Å². The third kappa shape index (κ3) is 5.09. The summed E-state index contributed by atoms with van der Waals surface area (Å²) >= 11 is 0. The van der Waals surface area contributed by atoms with E-state index in [2.05, 4.69) is 6.92 Å². The third-order valence-electron chi connectivity index (χ3n) is 5.26. The Balaban J connectivity index is 1.79. The van der Waals surface area contributed by atoms with Gasteiger partial charge in [0.15, 0.2) is 17.6 Å². The van der Waals surface area contributed by atoms with E-state index in [0.29, 0.717) is 17.5 Å². The normalized spacial score (nSPS) is 17.8. The molecule has 162 valence electrons. The Morgan fingerprint density at radius 3 is 2.50 bits per heavy atom. The highest BCUT2D eigenvalue weighted by atomic mass is 16.6. The molecule has 30 heavy (non-hydrogen) atoms. The van der Waals surface area contributed by atoms with Crippen molar-refractivity contribution in [3.8, 4) is 28.7 Å². The van der Waals surface area contributed by atoms with E-state index in [-0.39, 0.29) is 41.1 Å². The fraction of sp³-hybridized carbons (Fsp3) is 0.435. The summed E-state index contributed by atoms with van der Waals surface area (Å²) in [6.45, 7) is 2.13. The molecule has 7 heteroatoms. The third-order valence-corrected chi connectivity index (χ3v) is 5.26. The molecule has 0 unspecified atom stereocenters. The second-order valence-electron chi connectivity index (χ2n) is 7.62. The number of phenolic OH excluding ortho intramolecular Hbond substituents is 4. The minimum atomic E-state index is -0.769. The van der Waals surface area contributed by atoms with E-state index in [4.69, 9.17) is 9.47 Å². The van der Waals surface area contributed by atoms with E-state index < -0.39 is 12.2 Å². The van der Waals surface area contributed by atoms with E-state index in [1.807, 2.05) is 0 Å². The van der Waals surface area contributed by atoms with E-state index in [9.17, 15) is 25.2 Å². The van der Waals surface area contributed by atoms with Gasteiger partial charge in [-0.1, -0.05) is 38.7 Å². The molecule has 1 heterocycles. The molecule has 2 aromatic carbocycles. The van der Waals surface area contributed by atoms with Crippen LogP contribution in [0.3, 0.4) is 0 Å². The summed E-state index contributed by atoms with van der Waals surface area (Å²) in [5, 5.41) is 39.5. The molecule has 1 aliphatic heterocycles. The highest BCUT2D eigenvalue weighted by molar-refractivity contribution is 5.69. The largest absolute Gasteiger partial charge is 0.508 e. The molecule has 0 radical (unpaired) electrons. The van der Waals surface area contributed by atoms with Crippen LogP contribution < -0.4 is 4.74 Å². The number of carbonyl (C=O) groups is 1. The second-order valence-corrected chi connectivity index (χ2v) is 7.62. The highest BCUT2D eigenvalue weighted by Crippen LogP contribution is 2.43. The van der Waals surface area contributed by atoms with Crippen LogP contribution in [0.5, 0.6) is 28.7 Å². The fourth-order valence-electron chi connectivity index (χ4n) is 3.65. The van der Waals surface area contributed by atoms with Gasteiger partial charge >= 0.3 is 5.97 Å². The molecule has 3 rings (SSSR count). The average molecular weight is 416 g/mol. The van der Waals surface area contributed by atoms with Gasteiger partial charge in [0.25, 0.3) is 0 Å². The van der Waals surface area contributed by atoms with Crippen LogP contribution in [-0.2, 0) is 16.0 Å². The Morgan fingerprint density at radius 2 is 1.77 bits per heavy atom. The number of phenols is 4. The van der Waals surface area contributed by atoms with Crippen LogP contribution in [0, 0.1) is 0 Å². The maximum Gasteiger partial charge on any atom is 0.306 e. The minimum absolute atomic E-state index is 0.141. The summed E-state index contributed by atoms with van der Waals surface area (Å²) in [6.07, 6.45) is 4.03. The van der Waals surface area contributed by atoms with Gasteiger partial charge in [0.2, 0.25) is 0 Å². The van der Waals surface area contributed by atoms with Crippen LogP contribution in [0.15, 0.2) is 30.3 Å². The lowest BCUT2D eigenvalue weighted by Crippen LogP contribution is -2.34. The van der Waals surface area contributed by atoms with Crippen molar-refractivity contribution < 1.29 is 34.7 Å². The summed E-state index contributed by atoms with van der Waals surface area (Å²) in [6, 6.07) is 6.84. The Labute approximate surface area is 175 Å². The van der Waals surface area contributed by atoms with Gasteiger partial charge in [0.05, 0.1) is 0 Å². The average Bonchev–Trinajstić information content (AvgIpc) is 2.70. The number of ether oxygens (including phenoxy) is 2. The second kappa shape index (κ2) is 9.61. The maximum atomic E-state index is 12.4. The molecule has 0 aliphatic carbocycles. The summed E-state index contributed by atoms with van der Waals surface area (Å²) in [7, 11) is 0. The SMILES string of the molecule is CCCCCCCC(=O)O[C@H]1Cc2c(O)cc(O)cc2O[C@H]1c1ccc(O)c(O)c1. The standard InChI is InChI=1S/C23H28O7/c1-2-3-4-5-6-7-22(28)29-21-13-16-18(26)11-15(24)12-20(16)30-23(21)14-8-9-17(25)19(27)10-14/h8-12,21,23-27H,2-7,13H2,1H3/t21-,23-/m0/s1. The van der Waals surface area contributed by atoms with E-state index in [1.54, 1.807) is 6.07 Å². The number of aromatic hydroxyl groups is 4. The lowest BCUT2D eigenvalue weighted by molar-refractivity contribution is -0.155. The molecule has 1 aliphatic rings. The Morgan fingerprint density at radius 1 is 1.00 bits per heavy atom. The molecule has 0 bridgehead atoms. The topological polar surface area (TPSA) is 116 Å². The molecule has 2 aromatic rings. The molecule has 0 spiro atoms. The summed E-state index contributed by atoms with van der Waals surface area (Å²) in [4.78, 5) is 12.4. The first-order valence-corrected chi connectivity index (χ1v) is 10.3. The monoisotopic (exact) mass is 416 g/mol. The Kier molecular flexibility index (Phi) is 6.92. The summed E-state index contributed by atoms with van der Waals surface area (Å²) in [5.74, 6) is -0.960. The molecule has 7 nitrogen and oxygen atoms in total. The van der Waals surface area contributed by atoms with Crippen LogP contribution in [0.1, 0.15) is 62.7 Å². The number of fused-ring (bicyclic) bond motifs is 1. The Hall–Kier alpha value is -3.09. The zero-order valence-electron chi connectivity index (χ0n) is 17.0. The minimum Gasteiger partial charge on any atom is -0.508 e. The predicted octanol–water partition coefficient (Wildman–Crippen LogP) is 4.46.